The van der Waals surface area contributed by atoms with Gasteiger partial charge in [0.25, 0.3) is 0 Å². The van der Waals surface area contributed by atoms with E-state index >= 15 is 0 Å². The van der Waals surface area contributed by atoms with Gasteiger partial charge in [0.05, 0.1) is 0 Å². The van der Waals surface area contributed by atoms with Crippen LogP contribution < -0.4 is 4.74 Å². The maximum atomic E-state index is 12.0. The molecule has 0 N–H and O–H groups in total. The summed E-state index contributed by atoms with van der Waals surface area (Å²) < 4.78 is 44.3. The number of esters is 1. The summed E-state index contributed by atoms with van der Waals surface area (Å²) in [4.78, 5) is 15.1. The van der Waals surface area contributed by atoms with E-state index in [2.05, 4.69) is 9.73 Å². The standard InChI is InChI=1S/C12H8F3NO3/c1-7-16-10(11(17)18-7)6-8-2-4-9(5-3-8)19-12(13,14)15/h2-6H,1H3/b10-6+. The largest absolute Gasteiger partial charge is 0.573 e. The zero-order valence-electron chi connectivity index (χ0n) is 9.69. The number of aliphatic imine (C=N–C) groups is 1. The third kappa shape index (κ3) is 3.57. The number of halogens is 3. The van der Waals surface area contributed by atoms with Crippen molar-refractivity contribution in [2.45, 2.75) is 13.3 Å². The molecule has 100 valence electrons. The molecule has 0 aliphatic carbocycles. The molecular weight excluding hydrogens is 263 g/mol. The van der Waals surface area contributed by atoms with Crippen LogP contribution in [-0.4, -0.2) is 18.2 Å². The van der Waals surface area contributed by atoms with Crippen LogP contribution in [0.3, 0.4) is 0 Å². The second-order valence-corrected chi connectivity index (χ2v) is 3.67. The molecule has 1 aliphatic heterocycles. The van der Waals surface area contributed by atoms with Crippen molar-refractivity contribution in [2.24, 2.45) is 4.99 Å². The highest BCUT2D eigenvalue weighted by molar-refractivity contribution is 6.06. The van der Waals surface area contributed by atoms with Gasteiger partial charge in [0.2, 0.25) is 0 Å². The monoisotopic (exact) mass is 271 g/mol. The normalized spacial score (nSPS) is 17.4. The van der Waals surface area contributed by atoms with E-state index < -0.39 is 12.3 Å². The maximum absolute atomic E-state index is 12.0. The van der Waals surface area contributed by atoms with E-state index in [1.54, 1.807) is 0 Å². The van der Waals surface area contributed by atoms with Crippen molar-refractivity contribution in [2.75, 3.05) is 0 Å². The second kappa shape index (κ2) is 4.75. The highest BCUT2D eigenvalue weighted by Gasteiger charge is 2.30. The van der Waals surface area contributed by atoms with Crippen LogP contribution in [0.25, 0.3) is 6.08 Å². The smallest absolute Gasteiger partial charge is 0.407 e. The summed E-state index contributed by atoms with van der Waals surface area (Å²) in [6, 6.07) is 5.06. The minimum Gasteiger partial charge on any atom is -0.407 e. The fourth-order valence-electron chi connectivity index (χ4n) is 1.44. The van der Waals surface area contributed by atoms with E-state index in [0.29, 0.717) is 5.56 Å². The van der Waals surface area contributed by atoms with Crippen LogP contribution in [0.1, 0.15) is 12.5 Å². The Bertz CT molecular complexity index is 559. The molecule has 19 heavy (non-hydrogen) atoms. The zero-order valence-corrected chi connectivity index (χ0v) is 9.69. The van der Waals surface area contributed by atoms with Gasteiger partial charge in [0, 0.05) is 6.92 Å². The van der Waals surface area contributed by atoms with Crippen LogP contribution in [0.2, 0.25) is 0 Å². The molecule has 1 aromatic rings. The van der Waals surface area contributed by atoms with E-state index in [1.807, 2.05) is 0 Å². The van der Waals surface area contributed by atoms with E-state index in [1.165, 1.54) is 25.1 Å². The maximum Gasteiger partial charge on any atom is 0.573 e. The number of nitrogens with zero attached hydrogens (tertiary/aromatic N) is 1. The Morgan fingerprint density at radius 3 is 2.37 bits per heavy atom. The average Bonchev–Trinajstić information content (AvgIpc) is 2.58. The first-order valence-electron chi connectivity index (χ1n) is 5.18. The van der Waals surface area contributed by atoms with Crippen LogP contribution in [0.5, 0.6) is 5.75 Å². The number of ether oxygens (including phenoxy) is 2. The number of benzene rings is 1. The van der Waals surface area contributed by atoms with Crippen LogP contribution in [0.15, 0.2) is 35.0 Å². The van der Waals surface area contributed by atoms with Crippen molar-refractivity contribution in [3.8, 4) is 5.75 Å². The van der Waals surface area contributed by atoms with Crippen LogP contribution in [-0.2, 0) is 9.53 Å². The van der Waals surface area contributed by atoms with E-state index in [4.69, 9.17) is 4.74 Å². The van der Waals surface area contributed by atoms with Crippen molar-refractivity contribution in [3.05, 3.63) is 35.5 Å². The lowest BCUT2D eigenvalue weighted by Crippen LogP contribution is -2.16. The van der Waals surface area contributed by atoms with Crippen LogP contribution in [0, 0.1) is 0 Å². The Balaban J connectivity index is 2.16. The Morgan fingerprint density at radius 1 is 1.26 bits per heavy atom. The van der Waals surface area contributed by atoms with E-state index in [-0.39, 0.29) is 17.3 Å². The summed E-state index contributed by atoms with van der Waals surface area (Å²) >= 11 is 0. The second-order valence-electron chi connectivity index (χ2n) is 3.67. The van der Waals surface area contributed by atoms with Crippen molar-refractivity contribution in [1.29, 1.82) is 0 Å². The van der Waals surface area contributed by atoms with Gasteiger partial charge in [-0.2, -0.15) is 0 Å². The van der Waals surface area contributed by atoms with Gasteiger partial charge in [0.1, 0.15) is 5.75 Å². The molecule has 0 atom stereocenters. The van der Waals surface area contributed by atoms with Crippen LogP contribution in [0.4, 0.5) is 13.2 Å². The Kier molecular flexibility index (Phi) is 3.28. The third-order valence-corrected chi connectivity index (χ3v) is 2.14. The number of rotatable bonds is 2. The molecule has 1 aliphatic rings. The first-order chi connectivity index (χ1) is 8.83. The lowest BCUT2D eigenvalue weighted by Gasteiger charge is -2.08. The first kappa shape index (κ1) is 13.1. The molecule has 0 aromatic heterocycles. The first-order valence-corrected chi connectivity index (χ1v) is 5.18. The molecule has 0 unspecified atom stereocenters. The molecular formula is C12H8F3NO3. The molecule has 0 radical (unpaired) electrons. The predicted octanol–water partition coefficient (Wildman–Crippen LogP) is 2.90. The topological polar surface area (TPSA) is 47.9 Å². The molecule has 0 spiro atoms. The number of cyclic esters (lactones) is 1. The Hall–Kier alpha value is -2.31. The van der Waals surface area contributed by atoms with Gasteiger partial charge in [-0.05, 0) is 23.8 Å². The number of carbonyl (C=O) groups excluding carboxylic acids is 1. The van der Waals surface area contributed by atoms with Crippen molar-refractivity contribution < 1.29 is 27.4 Å². The molecule has 0 saturated heterocycles. The van der Waals surface area contributed by atoms with Gasteiger partial charge in [0.15, 0.2) is 11.6 Å². The molecule has 0 saturated carbocycles. The highest BCUT2D eigenvalue weighted by Crippen LogP contribution is 2.23. The lowest BCUT2D eigenvalue weighted by atomic mass is 10.2. The summed E-state index contributed by atoms with van der Waals surface area (Å²) in [6.07, 6.45) is -3.31. The molecule has 0 fully saturated rings. The molecule has 1 aromatic carbocycles. The van der Waals surface area contributed by atoms with Gasteiger partial charge in [-0.1, -0.05) is 12.1 Å². The molecule has 4 nitrogen and oxygen atoms in total. The van der Waals surface area contributed by atoms with Crippen molar-refractivity contribution >= 4 is 17.9 Å². The van der Waals surface area contributed by atoms with Gasteiger partial charge in [-0.25, -0.2) is 9.79 Å². The fraction of sp³-hybridized carbons (Fsp3) is 0.167. The average molecular weight is 271 g/mol. The van der Waals surface area contributed by atoms with Crippen molar-refractivity contribution in [1.82, 2.24) is 0 Å². The van der Waals surface area contributed by atoms with Gasteiger partial charge >= 0.3 is 12.3 Å². The minimum atomic E-state index is -4.73. The SMILES string of the molecule is CC1=N/C(=C/c2ccc(OC(F)(F)F)cc2)C(=O)O1. The van der Waals surface area contributed by atoms with Gasteiger partial charge < -0.3 is 9.47 Å². The number of hydrogen-bond donors (Lipinski definition) is 0. The van der Waals surface area contributed by atoms with Crippen molar-refractivity contribution in [3.63, 3.8) is 0 Å². The summed E-state index contributed by atoms with van der Waals surface area (Å²) in [5.41, 5.74) is 0.613. The van der Waals surface area contributed by atoms with E-state index in [0.717, 1.165) is 12.1 Å². The Labute approximate surface area is 106 Å². The summed E-state index contributed by atoms with van der Waals surface area (Å²) in [7, 11) is 0. The lowest BCUT2D eigenvalue weighted by molar-refractivity contribution is -0.274. The quantitative estimate of drug-likeness (QED) is 0.613. The number of hydrogen-bond acceptors (Lipinski definition) is 4. The van der Waals surface area contributed by atoms with Gasteiger partial charge in [-0.15, -0.1) is 13.2 Å². The summed E-state index contributed by atoms with van der Waals surface area (Å²) in [5, 5.41) is 0. The number of alkyl halides is 3. The van der Waals surface area contributed by atoms with E-state index in [9.17, 15) is 18.0 Å². The third-order valence-electron chi connectivity index (χ3n) is 2.14. The number of carbonyl (C=O) groups is 1. The predicted molar refractivity (Wildman–Crippen MR) is 60.3 cm³/mol. The van der Waals surface area contributed by atoms with Crippen LogP contribution >= 0.6 is 0 Å². The molecule has 2 rings (SSSR count). The Morgan fingerprint density at radius 2 is 1.89 bits per heavy atom. The fourth-order valence-corrected chi connectivity index (χ4v) is 1.44. The molecule has 1 heterocycles. The van der Waals surface area contributed by atoms with Gasteiger partial charge in [-0.3, -0.25) is 0 Å². The summed E-state index contributed by atoms with van der Waals surface area (Å²) in [6.45, 7) is 1.53. The zero-order chi connectivity index (χ0) is 14.0. The highest BCUT2D eigenvalue weighted by atomic mass is 19.4. The minimum absolute atomic E-state index is 0.0991. The summed E-state index contributed by atoms with van der Waals surface area (Å²) in [5.74, 6) is -0.690. The molecule has 7 heteroatoms. The molecule has 0 bridgehead atoms. The molecule has 0 amide bonds.